The normalized spacial score (nSPS) is 18.1. The Kier molecular flexibility index (Phi) is 9.02. The topological polar surface area (TPSA) is 74.8 Å². The molecule has 0 bridgehead atoms. The van der Waals surface area contributed by atoms with Crippen LogP contribution in [-0.4, -0.2) is 59.0 Å². The number of nitrogens with one attached hydrogen (secondary N) is 1. The zero-order chi connectivity index (χ0) is 28.2. The van der Waals surface area contributed by atoms with E-state index in [1.165, 1.54) is 26.0 Å². The molecule has 0 spiro atoms. The average Bonchev–Trinajstić information content (AvgIpc) is 3.21. The van der Waals surface area contributed by atoms with E-state index in [4.69, 9.17) is 14.6 Å². The summed E-state index contributed by atoms with van der Waals surface area (Å²) in [7, 11) is 0. The van der Waals surface area contributed by atoms with E-state index in [9.17, 15) is 9.18 Å². The van der Waals surface area contributed by atoms with Crippen molar-refractivity contribution in [2.45, 2.75) is 57.8 Å². The molecule has 0 radical (unpaired) electrons. The first-order valence-corrected chi connectivity index (χ1v) is 13.2. The van der Waals surface area contributed by atoms with Crippen LogP contribution in [0.3, 0.4) is 0 Å². The first-order chi connectivity index (χ1) is 18.5. The molecule has 2 atom stereocenters. The van der Waals surface area contributed by atoms with Crippen LogP contribution in [0.25, 0.3) is 10.9 Å². The zero-order valence-corrected chi connectivity index (χ0v) is 22.5. The van der Waals surface area contributed by atoms with Crippen LogP contribution in [0.4, 0.5) is 13.2 Å². The van der Waals surface area contributed by atoms with E-state index in [1.807, 2.05) is 48.2 Å². The third kappa shape index (κ3) is 7.02. The molecule has 9 heteroatoms. The lowest BCUT2D eigenvalue weighted by Crippen LogP contribution is -2.48. The Morgan fingerprint density at radius 2 is 1.82 bits per heavy atom. The van der Waals surface area contributed by atoms with Crippen molar-refractivity contribution in [3.63, 3.8) is 0 Å². The minimum absolute atomic E-state index is 0.0124. The molecule has 1 aromatic heterocycles. The second-order valence-corrected chi connectivity index (χ2v) is 10.6. The van der Waals surface area contributed by atoms with E-state index in [2.05, 4.69) is 4.98 Å². The fourth-order valence-electron chi connectivity index (χ4n) is 5.20. The Morgan fingerprint density at radius 1 is 1.15 bits per heavy atom. The van der Waals surface area contributed by atoms with E-state index in [0.29, 0.717) is 25.0 Å². The van der Waals surface area contributed by atoms with Crippen molar-refractivity contribution in [3.05, 3.63) is 77.0 Å². The number of halogens is 3. The molecule has 2 heterocycles. The lowest BCUT2D eigenvalue weighted by Gasteiger charge is -2.43. The first-order valence-electron chi connectivity index (χ1n) is 13.2. The summed E-state index contributed by atoms with van der Waals surface area (Å²) in [5, 5.41) is 9.54. The molecule has 4 rings (SSSR count). The van der Waals surface area contributed by atoms with Crippen LogP contribution in [0.5, 0.6) is 5.75 Å². The largest absolute Gasteiger partial charge is 0.493 e. The smallest absolute Gasteiger partial charge is 0.329 e. The van der Waals surface area contributed by atoms with Crippen molar-refractivity contribution in [1.29, 1.82) is 0 Å². The highest BCUT2D eigenvalue weighted by Crippen LogP contribution is 2.43. The van der Waals surface area contributed by atoms with Gasteiger partial charge in [-0.1, -0.05) is 30.4 Å². The number of carboxylic acid groups (broad SMARTS) is 1. The van der Waals surface area contributed by atoms with Gasteiger partial charge in [-0.15, -0.1) is 0 Å². The number of H-pyrrole nitrogens is 1. The van der Waals surface area contributed by atoms with Crippen LogP contribution in [0.15, 0.2) is 48.6 Å². The van der Waals surface area contributed by atoms with Crippen molar-refractivity contribution in [1.82, 2.24) is 9.88 Å². The molecule has 0 amide bonds. The van der Waals surface area contributed by atoms with Crippen LogP contribution in [0, 0.1) is 11.6 Å². The highest BCUT2D eigenvalue weighted by Gasteiger charge is 2.41. The molecule has 0 saturated carbocycles. The number of para-hydroxylation sites is 1. The molecule has 1 aliphatic rings. The number of ether oxygens (including phenoxy) is 2. The number of carbonyl (C=O) groups is 1. The van der Waals surface area contributed by atoms with Gasteiger partial charge in [-0.2, -0.15) is 0 Å². The highest BCUT2D eigenvalue weighted by molar-refractivity contribution is 5.85. The molecule has 39 heavy (non-hydrogen) atoms. The number of hydrogen-bond donors (Lipinski definition) is 2. The molecule has 6 nitrogen and oxygen atoms in total. The predicted octanol–water partition coefficient (Wildman–Crippen LogP) is 6.35. The summed E-state index contributed by atoms with van der Waals surface area (Å²) in [4.78, 5) is 15.6. The molecule has 210 valence electrons. The number of nitrogens with zero attached hydrogens (tertiary/aromatic N) is 1. The van der Waals surface area contributed by atoms with Gasteiger partial charge in [0.25, 0.3) is 0 Å². The van der Waals surface area contributed by atoms with Gasteiger partial charge in [-0.25, -0.2) is 18.0 Å². The molecule has 0 saturated heterocycles. The summed E-state index contributed by atoms with van der Waals surface area (Å²) < 4.78 is 56.8. The van der Waals surface area contributed by atoms with Crippen molar-refractivity contribution in [3.8, 4) is 5.75 Å². The summed E-state index contributed by atoms with van der Waals surface area (Å²) in [5.74, 6) is -2.44. The molecule has 2 N–H and O–H groups in total. The molecular formula is C30H35F3N2O4. The van der Waals surface area contributed by atoms with Gasteiger partial charge in [-0.3, -0.25) is 4.90 Å². The van der Waals surface area contributed by atoms with E-state index in [1.54, 1.807) is 0 Å². The van der Waals surface area contributed by atoms with Gasteiger partial charge in [0, 0.05) is 46.9 Å². The summed E-state index contributed by atoms with van der Waals surface area (Å²) in [6, 6.07) is 9.15. The van der Waals surface area contributed by atoms with E-state index < -0.39 is 29.3 Å². The van der Waals surface area contributed by atoms with Crippen LogP contribution in [-0.2, 0) is 16.0 Å². The number of fused-ring (bicyclic) bond motifs is 3. The number of aromatic nitrogens is 1. The van der Waals surface area contributed by atoms with Crippen LogP contribution >= 0.6 is 0 Å². The van der Waals surface area contributed by atoms with E-state index in [-0.39, 0.29) is 43.7 Å². The zero-order valence-electron chi connectivity index (χ0n) is 22.5. The van der Waals surface area contributed by atoms with Gasteiger partial charge in [0.05, 0.1) is 19.3 Å². The number of aromatic amines is 1. The van der Waals surface area contributed by atoms with Gasteiger partial charge in [0.15, 0.2) is 0 Å². The van der Waals surface area contributed by atoms with Crippen LogP contribution < -0.4 is 4.74 Å². The third-order valence-electron chi connectivity index (χ3n) is 6.78. The van der Waals surface area contributed by atoms with Crippen molar-refractivity contribution < 1.29 is 32.5 Å². The minimum Gasteiger partial charge on any atom is -0.493 e. The number of rotatable bonds is 12. The molecule has 0 aliphatic carbocycles. The summed E-state index contributed by atoms with van der Waals surface area (Å²) >= 11 is 0. The second-order valence-electron chi connectivity index (χ2n) is 10.6. The van der Waals surface area contributed by atoms with E-state index in [0.717, 1.165) is 16.5 Å². The highest BCUT2D eigenvalue weighted by atomic mass is 19.1. The number of aliphatic carboxylic acids is 1. The van der Waals surface area contributed by atoms with Gasteiger partial charge in [0.1, 0.15) is 29.7 Å². The quantitative estimate of drug-likeness (QED) is 0.205. The molecule has 0 fully saturated rings. The Balaban J connectivity index is 1.54. The lowest BCUT2D eigenvalue weighted by atomic mass is 9.87. The Morgan fingerprint density at radius 3 is 2.49 bits per heavy atom. The van der Waals surface area contributed by atoms with Crippen LogP contribution in [0.2, 0.25) is 0 Å². The number of carboxylic acids is 1. The maximum atomic E-state index is 15.7. The molecule has 0 unspecified atom stereocenters. The molecule has 3 aromatic rings. The summed E-state index contributed by atoms with van der Waals surface area (Å²) in [6.07, 6.45) is 5.35. The fraction of sp³-hybridized carbons (Fsp3) is 0.433. The van der Waals surface area contributed by atoms with Gasteiger partial charge < -0.3 is 19.6 Å². The molecule has 1 aliphatic heterocycles. The van der Waals surface area contributed by atoms with Gasteiger partial charge in [0.2, 0.25) is 0 Å². The Hall–Kier alpha value is -3.30. The maximum absolute atomic E-state index is 15.7. The van der Waals surface area contributed by atoms with Gasteiger partial charge >= 0.3 is 5.97 Å². The number of hydrogen-bond acceptors (Lipinski definition) is 4. The van der Waals surface area contributed by atoms with E-state index >= 15 is 8.78 Å². The Labute approximate surface area is 226 Å². The number of alkyl halides is 1. The standard InChI is InChI=1S/C30H35F3N2O4/c1-19-14-22-21-10-6-7-11-25(21)34-28(22)29(35(19)18-30(2,3)33)27-23(31)15-20(16-24(27)32)39-13-9-5-4-8-12-38-17-26(36)37/h4-7,10-11,15-16,19,29,34H,8-9,12-14,17-18H2,1-3H3,(H,36,37)/b5-4+/t19-,29-/m1/s1. The average molecular weight is 545 g/mol. The third-order valence-corrected chi connectivity index (χ3v) is 6.78. The molecular weight excluding hydrogens is 509 g/mol. The second kappa shape index (κ2) is 12.3. The Bertz CT molecular complexity index is 1310. The van der Waals surface area contributed by atoms with Crippen molar-refractivity contribution in [2.24, 2.45) is 0 Å². The number of benzene rings is 2. The lowest BCUT2D eigenvalue weighted by molar-refractivity contribution is -0.142. The summed E-state index contributed by atoms with van der Waals surface area (Å²) in [6.45, 7) is 5.07. The van der Waals surface area contributed by atoms with Gasteiger partial charge in [-0.05, 0) is 51.7 Å². The molecule has 2 aromatic carbocycles. The fourth-order valence-corrected chi connectivity index (χ4v) is 5.20. The maximum Gasteiger partial charge on any atom is 0.329 e. The predicted molar refractivity (Wildman–Crippen MR) is 144 cm³/mol. The van der Waals surface area contributed by atoms with Crippen molar-refractivity contribution >= 4 is 16.9 Å². The minimum atomic E-state index is -1.57. The monoisotopic (exact) mass is 544 g/mol. The van der Waals surface area contributed by atoms with Crippen LogP contribution in [0.1, 0.15) is 56.5 Å². The summed E-state index contributed by atoms with van der Waals surface area (Å²) in [5.41, 5.74) is 0.857. The first kappa shape index (κ1) is 28.7. The SMILES string of the molecule is C[C@@H]1Cc2c([nH]c3ccccc23)[C@@H](c2c(F)cc(OCC/C=C/CCOCC(=O)O)cc2F)N1CC(C)(C)F. The van der Waals surface area contributed by atoms with Crippen molar-refractivity contribution in [2.75, 3.05) is 26.4 Å².